The number of pyridine rings is 1. The molecule has 0 aromatic carbocycles. The average Bonchev–Trinajstić information content (AvgIpc) is 2.73. The number of likely N-dealkylation sites (tertiary alicyclic amines) is 1. The molecule has 1 saturated carbocycles. The number of rotatable bonds is 10. The molecule has 1 amide bonds. The molecule has 0 radical (unpaired) electrons. The van der Waals surface area contributed by atoms with E-state index in [9.17, 15) is 9.90 Å². The molecule has 8 heteroatoms. The van der Waals surface area contributed by atoms with Gasteiger partial charge >= 0.3 is 0 Å². The maximum absolute atomic E-state index is 12.9. The SMILES string of the molecule is COCO[C@@]1(Cc2cc(OC3CCC(C)CC3)ccn2)C(=O)N(COC)[C@H]1CO. The summed E-state index contributed by atoms with van der Waals surface area (Å²) in [7, 11) is 3.00. The highest BCUT2D eigenvalue weighted by Crippen LogP contribution is 2.38. The number of carbonyl (C=O) groups is 1. The molecule has 162 valence electrons. The monoisotopic (exact) mass is 408 g/mol. The second kappa shape index (κ2) is 9.84. The van der Waals surface area contributed by atoms with E-state index in [1.165, 1.54) is 32.0 Å². The van der Waals surface area contributed by atoms with Crippen LogP contribution >= 0.6 is 0 Å². The molecular weight excluding hydrogens is 376 g/mol. The van der Waals surface area contributed by atoms with Crippen molar-refractivity contribution in [2.24, 2.45) is 5.92 Å². The largest absolute Gasteiger partial charge is 0.490 e. The van der Waals surface area contributed by atoms with Crippen LogP contribution in [0.1, 0.15) is 38.3 Å². The first-order valence-electron chi connectivity index (χ1n) is 10.2. The van der Waals surface area contributed by atoms with Gasteiger partial charge in [0.05, 0.1) is 18.8 Å². The summed E-state index contributed by atoms with van der Waals surface area (Å²) in [6, 6.07) is 3.17. The zero-order chi connectivity index (χ0) is 20.9. The van der Waals surface area contributed by atoms with Crippen molar-refractivity contribution in [3.63, 3.8) is 0 Å². The number of aromatic nitrogens is 1. The first-order valence-corrected chi connectivity index (χ1v) is 10.2. The van der Waals surface area contributed by atoms with Crippen LogP contribution in [-0.4, -0.2) is 73.0 Å². The summed E-state index contributed by atoms with van der Waals surface area (Å²) >= 11 is 0. The number of aliphatic hydroxyl groups is 1. The van der Waals surface area contributed by atoms with Gasteiger partial charge in [-0.1, -0.05) is 6.92 Å². The van der Waals surface area contributed by atoms with E-state index in [0.29, 0.717) is 5.69 Å². The Hall–Kier alpha value is -1.74. The van der Waals surface area contributed by atoms with Crippen molar-refractivity contribution in [1.82, 2.24) is 9.88 Å². The molecule has 2 aliphatic rings. The van der Waals surface area contributed by atoms with E-state index in [0.717, 1.165) is 24.5 Å². The summed E-state index contributed by atoms with van der Waals surface area (Å²) in [5, 5.41) is 9.89. The predicted octanol–water partition coefficient (Wildman–Crippen LogP) is 1.75. The van der Waals surface area contributed by atoms with Gasteiger partial charge in [0.2, 0.25) is 0 Å². The van der Waals surface area contributed by atoms with Gasteiger partial charge in [0.25, 0.3) is 5.91 Å². The van der Waals surface area contributed by atoms with Crippen molar-refractivity contribution in [3.8, 4) is 5.75 Å². The van der Waals surface area contributed by atoms with Crippen LogP contribution < -0.4 is 4.74 Å². The van der Waals surface area contributed by atoms with E-state index < -0.39 is 11.6 Å². The molecule has 1 aliphatic carbocycles. The lowest BCUT2D eigenvalue weighted by Crippen LogP contribution is -2.77. The number of hydrogen-bond donors (Lipinski definition) is 1. The Morgan fingerprint density at radius 1 is 1.24 bits per heavy atom. The van der Waals surface area contributed by atoms with Crippen LogP contribution in [0.3, 0.4) is 0 Å². The van der Waals surface area contributed by atoms with Crippen LogP contribution in [0, 0.1) is 5.92 Å². The molecule has 1 aromatic heterocycles. The third-order valence-corrected chi connectivity index (χ3v) is 5.91. The summed E-state index contributed by atoms with van der Waals surface area (Å²) in [5.74, 6) is 1.26. The van der Waals surface area contributed by atoms with Gasteiger partial charge in [-0.15, -0.1) is 0 Å². The number of amides is 1. The minimum absolute atomic E-state index is 0.0560. The van der Waals surface area contributed by atoms with Crippen molar-refractivity contribution < 1.29 is 28.8 Å². The van der Waals surface area contributed by atoms with Gasteiger partial charge in [0.1, 0.15) is 19.3 Å². The highest BCUT2D eigenvalue weighted by atomic mass is 16.7. The van der Waals surface area contributed by atoms with Gasteiger partial charge in [-0.05, 0) is 37.7 Å². The normalized spacial score (nSPS) is 29.6. The molecule has 0 spiro atoms. The van der Waals surface area contributed by atoms with Gasteiger partial charge < -0.3 is 29.0 Å². The standard InChI is InChI=1S/C21H32N2O6/c1-15-4-6-17(7-5-15)29-18-8-9-22-16(10-18)11-21(28-14-27-3)19(12-24)23(13-26-2)20(21)25/h8-10,15,17,19,24H,4-7,11-14H2,1-3H3/t15?,17?,19-,21+/m0/s1. The molecule has 1 aliphatic heterocycles. The molecule has 8 nitrogen and oxygen atoms in total. The fraction of sp³-hybridized carbons (Fsp3) is 0.714. The number of β-lactam (4-membered cyclic amide) rings is 1. The molecular formula is C21H32N2O6. The second-order valence-electron chi connectivity index (χ2n) is 7.99. The Morgan fingerprint density at radius 2 is 2.00 bits per heavy atom. The van der Waals surface area contributed by atoms with Crippen LogP contribution in [-0.2, 0) is 25.4 Å². The maximum atomic E-state index is 12.9. The van der Waals surface area contributed by atoms with E-state index in [1.54, 1.807) is 6.20 Å². The van der Waals surface area contributed by atoms with E-state index in [2.05, 4.69) is 11.9 Å². The minimum Gasteiger partial charge on any atom is -0.490 e. The first-order chi connectivity index (χ1) is 14.0. The predicted molar refractivity (Wildman–Crippen MR) is 105 cm³/mol. The first kappa shape index (κ1) is 22.0. The number of hydrogen-bond acceptors (Lipinski definition) is 7. The van der Waals surface area contributed by atoms with Gasteiger partial charge in [-0.25, -0.2) is 0 Å². The van der Waals surface area contributed by atoms with E-state index in [4.69, 9.17) is 18.9 Å². The third-order valence-electron chi connectivity index (χ3n) is 5.91. The van der Waals surface area contributed by atoms with Crippen molar-refractivity contribution >= 4 is 5.91 Å². The number of methoxy groups -OCH3 is 2. The third kappa shape index (κ3) is 4.71. The zero-order valence-electron chi connectivity index (χ0n) is 17.5. The van der Waals surface area contributed by atoms with Crippen molar-refractivity contribution in [1.29, 1.82) is 0 Å². The van der Waals surface area contributed by atoms with Crippen LogP contribution in [0.15, 0.2) is 18.3 Å². The molecule has 0 bridgehead atoms. The van der Waals surface area contributed by atoms with Gasteiger partial charge in [0.15, 0.2) is 5.60 Å². The summed E-state index contributed by atoms with van der Waals surface area (Å²) in [6.45, 7) is 2.08. The Labute approximate surface area is 172 Å². The van der Waals surface area contributed by atoms with E-state index >= 15 is 0 Å². The molecule has 1 aromatic rings. The molecule has 3 rings (SSSR count). The van der Waals surface area contributed by atoms with E-state index in [-0.39, 0.29) is 38.6 Å². The molecule has 1 saturated heterocycles. The summed E-state index contributed by atoms with van der Waals surface area (Å²) in [6.07, 6.45) is 6.59. The van der Waals surface area contributed by atoms with Crippen LogP contribution in [0.5, 0.6) is 5.75 Å². The van der Waals surface area contributed by atoms with Crippen LogP contribution in [0.25, 0.3) is 0 Å². The molecule has 1 N–H and O–H groups in total. The molecule has 0 unspecified atom stereocenters. The lowest BCUT2D eigenvalue weighted by Gasteiger charge is -2.54. The highest BCUT2D eigenvalue weighted by Gasteiger charge is 2.62. The fourth-order valence-electron chi connectivity index (χ4n) is 4.25. The Bertz CT molecular complexity index is 679. The molecule has 2 atom stereocenters. The van der Waals surface area contributed by atoms with Crippen LogP contribution in [0.4, 0.5) is 0 Å². The van der Waals surface area contributed by atoms with Gasteiger partial charge in [0, 0.05) is 38.6 Å². The van der Waals surface area contributed by atoms with Crippen molar-refractivity contribution in [3.05, 3.63) is 24.0 Å². The molecule has 2 heterocycles. The van der Waals surface area contributed by atoms with Gasteiger partial charge in [-0.3, -0.25) is 9.78 Å². The van der Waals surface area contributed by atoms with Crippen molar-refractivity contribution in [2.45, 2.75) is 56.8 Å². The van der Waals surface area contributed by atoms with Crippen molar-refractivity contribution in [2.75, 3.05) is 34.4 Å². The quantitative estimate of drug-likeness (QED) is 0.466. The molecule has 29 heavy (non-hydrogen) atoms. The average molecular weight is 408 g/mol. The topological polar surface area (TPSA) is 90.4 Å². The zero-order valence-corrected chi connectivity index (χ0v) is 17.5. The maximum Gasteiger partial charge on any atom is 0.259 e. The minimum atomic E-state index is -1.23. The summed E-state index contributed by atoms with van der Waals surface area (Å²) < 4.78 is 22.1. The Morgan fingerprint density at radius 3 is 2.66 bits per heavy atom. The number of nitrogens with zero attached hydrogens (tertiary/aromatic N) is 2. The smallest absolute Gasteiger partial charge is 0.259 e. The summed E-state index contributed by atoms with van der Waals surface area (Å²) in [4.78, 5) is 18.7. The van der Waals surface area contributed by atoms with Crippen LogP contribution in [0.2, 0.25) is 0 Å². The van der Waals surface area contributed by atoms with Gasteiger partial charge in [-0.2, -0.15) is 0 Å². The highest BCUT2D eigenvalue weighted by molar-refractivity contribution is 5.93. The lowest BCUT2D eigenvalue weighted by molar-refractivity contribution is -0.237. The summed E-state index contributed by atoms with van der Waals surface area (Å²) in [5.41, 5.74) is -0.554. The molecule has 2 fully saturated rings. The lowest BCUT2D eigenvalue weighted by atomic mass is 9.79. The number of ether oxygens (including phenoxy) is 4. The fourth-order valence-corrected chi connectivity index (χ4v) is 4.25. The number of carbonyl (C=O) groups excluding carboxylic acids is 1. The Balaban J connectivity index is 1.74. The second-order valence-corrected chi connectivity index (χ2v) is 7.99. The van der Waals surface area contributed by atoms with E-state index in [1.807, 2.05) is 12.1 Å². The number of aliphatic hydroxyl groups excluding tert-OH is 1. The Kier molecular flexibility index (Phi) is 7.45.